The summed E-state index contributed by atoms with van der Waals surface area (Å²) in [5, 5.41) is 10.1. The predicted molar refractivity (Wildman–Crippen MR) is 76.4 cm³/mol. The smallest absolute Gasteiger partial charge is 0.320 e. The highest BCUT2D eigenvalue weighted by Crippen LogP contribution is 2.20. The van der Waals surface area contributed by atoms with E-state index in [0.717, 1.165) is 37.8 Å². The van der Waals surface area contributed by atoms with Crippen molar-refractivity contribution in [1.82, 2.24) is 4.90 Å². The summed E-state index contributed by atoms with van der Waals surface area (Å²) in [6.45, 7) is 1.55. The lowest BCUT2D eigenvalue weighted by Crippen LogP contribution is -2.42. The number of aliphatic carboxylic acids is 1. The van der Waals surface area contributed by atoms with Gasteiger partial charge in [0.1, 0.15) is 6.04 Å². The number of carbonyl (C=O) groups is 1. The van der Waals surface area contributed by atoms with Gasteiger partial charge in [0.15, 0.2) is 0 Å². The maximum Gasteiger partial charge on any atom is 0.320 e. The van der Waals surface area contributed by atoms with E-state index in [1.807, 2.05) is 24.3 Å². The minimum Gasteiger partial charge on any atom is -0.480 e. The quantitative estimate of drug-likeness (QED) is 0.921. The first kappa shape index (κ1) is 14.4. The molecule has 1 aromatic carbocycles. The molecule has 4 heteroatoms. The van der Waals surface area contributed by atoms with Crippen LogP contribution in [0.1, 0.15) is 37.7 Å². The van der Waals surface area contributed by atoms with Gasteiger partial charge in [0.2, 0.25) is 0 Å². The van der Waals surface area contributed by atoms with Gasteiger partial charge in [0.25, 0.3) is 0 Å². The molecule has 3 nitrogen and oxygen atoms in total. The third-order valence-electron chi connectivity index (χ3n) is 3.70. The van der Waals surface area contributed by atoms with E-state index in [2.05, 4.69) is 4.90 Å². The fourth-order valence-electron chi connectivity index (χ4n) is 2.64. The fourth-order valence-corrected chi connectivity index (χ4v) is 2.76. The average Bonchev–Trinajstić information content (AvgIpc) is 2.35. The highest BCUT2D eigenvalue weighted by molar-refractivity contribution is 6.30. The third kappa shape index (κ3) is 4.22. The monoisotopic (exact) mass is 281 g/mol. The van der Waals surface area contributed by atoms with Crippen molar-refractivity contribution >= 4 is 17.6 Å². The molecule has 1 atom stereocenters. The largest absolute Gasteiger partial charge is 0.480 e. The van der Waals surface area contributed by atoms with Crippen LogP contribution in [0, 0.1) is 0 Å². The Bertz CT molecular complexity index is 419. The molecular formula is C15H20ClNO2. The fraction of sp³-hybridized carbons (Fsp3) is 0.533. The van der Waals surface area contributed by atoms with Crippen LogP contribution in [0.2, 0.25) is 5.02 Å². The number of rotatable bonds is 3. The normalized spacial score (nSPS) is 21.6. The zero-order valence-electron chi connectivity index (χ0n) is 11.0. The highest BCUT2D eigenvalue weighted by atomic mass is 35.5. The Hall–Kier alpha value is -1.06. The van der Waals surface area contributed by atoms with Crippen LogP contribution in [0.25, 0.3) is 0 Å². The zero-order chi connectivity index (χ0) is 13.7. The van der Waals surface area contributed by atoms with Gasteiger partial charge in [-0.25, -0.2) is 0 Å². The first-order valence-electron chi connectivity index (χ1n) is 6.88. The molecule has 0 radical (unpaired) electrons. The molecule has 2 rings (SSSR count). The van der Waals surface area contributed by atoms with E-state index in [-0.39, 0.29) is 6.04 Å². The summed E-state index contributed by atoms with van der Waals surface area (Å²) >= 11 is 5.87. The lowest BCUT2D eigenvalue weighted by atomic mass is 10.0. The van der Waals surface area contributed by atoms with E-state index < -0.39 is 5.97 Å². The number of hydrogen-bond donors (Lipinski definition) is 1. The van der Waals surface area contributed by atoms with Gasteiger partial charge in [-0.05, 0) is 37.1 Å². The molecule has 0 amide bonds. The van der Waals surface area contributed by atoms with E-state index in [0.29, 0.717) is 11.6 Å². The summed E-state index contributed by atoms with van der Waals surface area (Å²) in [4.78, 5) is 13.5. The van der Waals surface area contributed by atoms with E-state index in [1.165, 1.54) is 6.42 Å². The van der Waals surface area contributed by atoms with E-state index in [1.54, 1.807) is 0 Å². The summed E-state index contributed by atoms with van der Waals surface area (Å²) in [7, 11) is 0. The molecule has 104 valence electrons. The Kier molecular flexibility index (Phi) is 5.23. The third-order valence-corrected chi connectivity index (χ3v) is 3.95. The molecule has 19 heavy (non-hydrogen) atoms. The second-order valence-corrected chi connectivity index (χ2v) is 5.59. The summed E-state index contributed by atoms with van der Waals surface area (Å²) in [5.74, 6) is -0.698. The molecule has 0 spiro atoms. The number of carboxylic acids is 1. The topological polar surface area (TPSA) is 40.5 Å². The van der Waals surface area contributed by atoms with Crippen LogP contribution in [-0.2, 0) is 11.3 Å². The Labute approximate surface area is 119 Å². The van der Waals surface area contributed by atoms with Crippen molar-refractivity contribution < 1.29 is 9.90 Å². The lowest BCUT2D eigenvalue weighted by molar-refractivity contribution is -0.144. The standard InChI is InChI=1S/C15H20ClNO2/c16-13-8-6-12(7-9-13)11-17-10-4-2-1-3-5-14(17)15(18)19/h6-9,14H,1-5,10-11H2,(H,18,19). The minimum atomic E-state index is -0.698. The van der Waals surface area contributed by atoms with Gasteiger partial charge >= 0.3 is 5.97 Å². The molecule has 0 bridgehead atoms. The van der Waals surface area contributed by atoms with Crippen LogP contribution in [0.15, 0.2) is 24.3 Å². The number of nitrogens with zero attached hydrogens (tertiary/aromatic N) is 1. The van der Waals surface area contributed by atoms with Gasteiger partial charge in [-0.1, -0.05) is 43.0 Å². The molecule has 1 aliphatic heterocycles. The van der Waals surface area contributed by atoms with Crippen molar-refractivity contribution in [3.8, 4) is 0 Å². The Morgan fingerprint density at radius 2 is 1.89 bits per heavy atom. The molecule has 1 unspecified atom stereocenters. The van der Waals surface area contributed by atoms with E-state index in [4.69, 9.17) is 11.6 Å². The predicted octanol–water partition coefficient (Wildman–Crippen LogP) is 3.56. The molecular weight excluding hydrogens is 262 g/mol. The van der Waals surface area contributed by atoms with Crippen molar-refractivity contribution in [2.45, 2.75) is 44.7 Å². The van der Waals surface area contributed by atoms with Crippen LogP contribution in [0.3, 0.4) is 0 Å². The van der Waals surface area contributed by atoms with Crippen molar-refractivity contribution in [3.05, 3.63) is 34.9 Å². The summed E-state index contributed by atoms with van der Waals surface area (Å²) in [6.07, 6.45) is 5.19. The lowest BCUT2D eigenvalue weighted by Gasteiger charge is -2.30. The van der Waals surface area contributed by atoms with Gasteiger partial charge in [0, 0.05) is 11.6 Å². The van der Waals surface area contributed by atoms with Crippen LogP contribution >= 0.6 is 11.6 Å². The molecule has 0 aliphatic carbocycles. The average molecular weight is 282 g/mol. The molecule has 0 saturated carbocycles. The van der Waals surface area contributed by atoms with Crippen molar-refractivity contribution in [1.29, 1.82) is 0 Å². The van der Waals surface area contributed by atoms with Crippen molar-refractivity contribution in [3.63, 3.8) is 0 Å². The SMILES string of the molecule is O=C(O)C1CCCCCCN1Cc1ccc(Cl)cc1. The van der Waals surface area contributed by atoms with Crippen molar-refractivity contribution in [2.24, 2.45) is 0 Å². The Morgan fingerprint density at radius 3 is 2.58 bits per heavy atom. The maximum absolute atomic E-state index is 11.4. The number of benzene rings is 1. The summed E-state index contributed by atoms with van der Waals surface area (Å²) in [5.41, 5.74) is 1.12. The second-order valence-electron chi connectivity index (χ2n) is 5.15. The molecule has 1 N–H and O–H groups in total. The zero-order valence-corrected chi connectivity index (χ0v) is 11.8. The minimum absolute atomic E-state index is 0.351. The van der Waals surface area contributed by atoms with Gasteiger partial charge in [0.05, 0.1) is 0 Å². The van der Waals surface area contributed by atoms with Gasteiger partial charge in [-0.2, -0.15) is 0 Å². The van der Waals surface area contributed by atoms with Crippen LogP contribution in [-0.4, -0.2) is 28.6 Å². The molecule has 1 heterocycles. The summed E-state index contributed by atoms with van der Waals surface area (Å²) < 4.78 is 0. The van der Waals surface area contributed by atoms with Gasteiger partial charge in [-0.3, -0.25) is 9.69 Å². The number of likely N-dealkylation sites (tertiary alicyclic amines) is 1. The molecule has 1 aromatic rings. The highest BCUT2D eigenvalue weighted by Gasteiger charge is 2.26. The molecule has 1 saturated heterocycles. The number of carboxylic acid groups (broad SMARTS) is 1. The Balaban J connectivity index is 2.08. The first-order chi connectivity index (χ1) is 9.16. The molecule has 1 aliphatic rings. The Morgan fingerprint density at radius 1 is 1.21 bits per heavy atom. The van der Waals surface area contributed by atoms with Crippen LogP contribution in [0.5, 0.6) is 0 Å². The van der Waals surface area contributed by atoms with Gasteiger partial charge < -0.3 is 5.11 Å². The van der Waals surface area contributed by atoms with E-state index >= 15 is 0 Å². The molecule has 0 aromatic heterocycles. The summed E-state index contributed by atoms with van der Waals surface area (Å²) in [6, 6.07) is 7.31. The van der Waals surface area contributed by atoms with Gasteiger partial charge in [-0.15, -0.1) is 0 Å². The van der Waals surface area contributed by atoms with Crippen LogP contribution in [0.4, 0.5) is 0 Å². The first-order valence-corrected chi connectivity index (χ1v) is 7.26. The number of halogens is 1. The van der Waals surface area contributed by atoms with Crippen molar-refractivity contribution in [2.75, 3.05) is 6.54 Å². The second kappa shape index (κ2) is 6.92. The molecule has 1 fully saturated rings. The van der Waals surface area contributed by atoms with E-state index in [9.17, 15) is 9.90 Å². The van der Waals surface area contributed by atoms with Crippen LogP contribution < -0.4 is 0 Å². The number of hydrogen-bond acceptors (Lipinski definition) is 2. The maximum atomic E-state index is 11.4.